The molecule has 0 bridgehead atoms. The Hall–Kier alpha value is -3.19. The minimum Gasteiger partial charge on any atom is -0.318 e. The number of fused-ring (bicyclic) bond motifs is 3. The molecule has 0 saturated carbocycles. The largest absolute Gasteiger partial charge is 0.318 e. The third kappa shape index (κ3) is 3.03. The normalized spacial score (nSPS) is 11.2. The maximum atomic E-state index is 13.9. The van der Waals surface area contributed by atoms with Crippen molar-refractivity contribution in [1.29, 1.82) is 0 Å². The predicted octanol–water partition coefficient (Wildman–Crippen LogP) is 4.10. The average molecular weight is 399 g/mol. The van der Waals surface area contributed by atoms with Gasteiger partial charge in [0.2, 0.25) is 0 Å². The second-order valence-corrected chi connectivity index (χ2v) is 6.79. The van der Waals surface area contributed by atoms with Crippen molar-refractivity contribution in [3.63, 3.8) is 0 Å². The average Bonchev–Trinajstić information content (AvgIpc) is 3.14. The van der Waals surface area contributed by atoms with Crippen molar-refractivity contribution in [3.8, 4) is 0 Å². The van der Waals surface area contributed by atoms with Gasteiger partial charge in [0.1, 0.15) is 11.3 Å². The molecular formula is C20H16ClFN4O2. The minimum absolute atomic E-state index is 0.0101. The van der Waals surface area contributed by atoms with Crippen LogP contribution in [-0.2, 0) is 6.54 Å². The second kappa shape index (κ2) is 7.09. The first-order valence-corrected chi connectivity index (χ1v) is 9.15. The van der Waals surface area contributed by atoms with E-state index in [-0.39, 0.29) is 22.5 Å². The lowest BCUT2D eigenvalue weighted by molar-refractivity contribution is 0.102. The molecular weight excluding hydrogens is 383 g/mol. The van der Waals surface area contributed by atoms with E-state index in [0.717, 1.165) is 11.9 Å². The molecule has 0 radical (unpaired) electrons. The van der Waals surface area contributed by atoms with Crippen LogP contribution in [0.4, 0.5) is 10.1 Å². The van der Waals surface area contributed by atoms with Gasteiger partial charge in [-0.3, -0.25) is 9.59 Å². The van der Waals surface area contributed by atoms with E-state index in [1.54, 1.807) is 4.57 Å². The van der Waals surface area contributed by atoms with Gasteiger partial charge in [-0.15, -0.1) is 0 Å². The number of aryl methyl sites for hydroxylation is 1. The van der Waals surface area contributed by atoms with Crippen molar-refractivity contribution in [1.82, 2.24) is 14.2 Å². The molecule has 28 heavy (non-hydrogen) atoms. The van der Waals surface area contributed by atoms with Crippen LogP contribution in [-0.4, -0.2) is 20.1 Å². The summed E-state index contributed by atoms with van der Waals surface area (Å²) in [5.41, 5.74) is 1.44. The molecule has 142 valence electrons. The molecule has 1 N–H and O–H groups in total. The van der Waals surface area contributed by atoms with E-state index in [1.807, 2.05) is 31.2 Å². The van der Waals surface area contributed by atoms with Crippen LogP contribution in [0.1, 0.15) is 23.8 Å². The lowest BCUT2D eigenvalue weighted by atomic mass is 10.2. The summed E-state index contributed by atoms with van der Waals surface area (Å²) in [5.74, 6) is -1.24. The molecule has 2 heterocycles. The summed E-state index contributed by atoms with van der Waals surface area (Å²) in [6.07, 6.45) is 0.787. The van der Waals surface area contributed by atoms with Gasteiger partial charge in [0.15, 0.2) is 5.69 Å². The summed E-state index contributed by atoms with van der Waals surface area (Å²) in [5, 5.41) is 7.03. The van der Waals surface area contributed by atoms with E-state index in [0.29, 0.717) is 17.1 Å². The van der Waals surface area contributed by atoms with Crippen LogP contribution in [0.25, 0.3) is 16.6 Å². The molecule has 0 unspecified atom stereocenters. The van der Waals surface area contributed by atoms with Crippen molar-refractivity contribution >= 4 is 39.7 Å². The molecule has 0 atom stereocenters. The van der Waals surface area contributed by atoms with Gasteiger partial charge in [0.05, 0.1) is 16.7 Å². The van der Waals surface area contributed by atoms with Gasteiger partial charge < -0.3 is 9.88 Å². The third-order valence-corrected chi connectivity index (χ3v) is 4.67. The van der Waals surface area contributed by atoms with Crippen LogP contribution in [0.5, 0.6) is 0 Å². The summed E-state index contributed by atoms with van der Waals surface area (Å²) in [7, 11) is 0. The fourth-order valence-corrected chi connectivity index (χ4v) is 3.34. The Morgan fingerprint density at radius 1 is 1.14 bits per heavy atom. The number of halogens is 2. The monoisotopic (exact) mass is 398 g/mol. The SMILES string of the molecule is CCCn1c(=O)c2cc(C(=O)Nc3cc(Cl)ccc3F)nn2c2ccccc21. The summed E-state index contributed by atoms with van der Waals surface area (Å²) >= 11 is 5.86. The lowest BCUT2D eigenvalue weighted by Gasteiger charge is -2.10. The molecule has 0 spiro atoms. The molecule has 4 aromatic rings. The van der Waals surface area contributed by atoms with Crippen molar-refractivity contribution in [3.05, 3.63) is 75.4 Å². The predicted molar refractivity (Wildman–Crippen MR) is 107 cm³/mol. The van der Waals surface area contributed by atoms with Gasteiger partial charge in [-0.2, -0.15) is 5.10 Å². The van der Waals surface area contributed by atoms with Gasteiger partial charge in [-0.05, 0) is 36.8 Å². The fraction of sp³-hybridized carbons (Fsp3) is 0.150. The van der Waals surface area contributed by atoms with Crippen molar-refractivity contribution in [2.75, 3.05) is 5.32 Å². The maximum Gasteiger partial charge on any atom is 0.277 e. The van der Waals surface area contributed by atoms with Crippen molar-refractivity contribution < 1.29 is 9.18 Å². The van der Waals surface area contributed by atoms with E-state index in [4.69, 9.17) is 11.6 Å². The summed E-state index contributed by atoms with van der Waals surface area (Å²) in [6.45, 7) is 2.54. The molecule has 6 nitrogen and oxygen atoms in total. The molecule has 0 aliphatic rings. The Balaban J connectivity index is 1.84. The second-order valence-electron chi connectivity index (χ2n) is 6.35. The third-order valence-electron chi connectivity index (χ3n) is 4.43. The number of benzene rings is 2. The Morgan fingerprint density at radius 2 is 1.89 bits per heavy atom. The van der Waals surface area contributed by atoms with E-state index < -0.39 is 11.7 Å². The van der Waals surface area contributed by atoms with Gasteiger partial charge in [-0.25, -0.2) is 8.91 Å². The van der Waals surface area contributed by atoms with E-state index in [1.165, 1.54) is 28.8 Å². The first-order chi connectivity index (χ1) is 13.5. The van der Waals surface area contributed by atoms with E-state index in [9.17, 15) is 14.0 Å². The zero-order valence-electron chi connectivity index (χ0n) is 14.9. The highest BCUT2D eigenvalue weighted by Crippen LogP contribution is 2.21. The number of aromatic nitrogens is 3. The Kier molecular flexibility index (Phi) is 4.60. The number of rotatable bonds is 4. The smallest absolute Gasteiger partial charge is 0.277 e. The Morgan fingerprint density at radius 3 is 2.64 bits per heavy atom. The zero-order chi connectivity index (χ0) is 19.8. The van der Waals surface area contributed by atoms with Crippen LogP contribution in [0.2, 0.25) is 5.02 Å². The molecule has 8 heteroatoms. The molecule has 0 saturated heterocycles. The zero-order valence-corrected chi connectivity index (χ0v) is 15.7. The Bertz CT molecular complexity index is 1280. The number of nitrogens with zero attached hydrogens (tertiary/aromatic N) is 3. The maximum absolute atomic E-state index is 13.9. The molecule has 0 fully saturated rings. The number of carbonyl (C=O) groups is 1. The number of hydrogen-bond donors (Lipinski definition) is 1. The number of anilines is 1. The minimum atomic E-state index is -0.629. The van der Waals surface area contributed by atoms with Crippen LogP contribution >= 0.6 is 11.6 Å². The number of nitrogens with one attached hydrogen (secondary N) is 1. The first-order valence-electron chi connectivity index (χ1n) is 8.77. The summed E-state index contributed by atoms with van der Waals surface area (Å²) < 4.78 is 17.0. The van der Waals surface area contributed by atoms with Gasteiger partial charge in [-0.1, -0.05) is 30.7 Å². The van der Waals surface area contributed by atoms with Crippen molar-refractivity contribution in [2.45, 2.75) is 19.9 Å². The number of amides is 1. The van der Waals surface area contributed by atoms with Crippen LogP contribution in [0.3, 0.4) is 0 Å². The molecule has 0 aliphatic carbocycles. The summed E-state index contributed by atoms with van der Waals surface area (Å²) in [6, 6.07) is 12.6. The molecule has 4 rings (SSSR count). The number of hydrogen-bond acceptors (Lipinski definition) is 3. The quantitative estimate of drug-likeness (QED) is 0.562. The van der Waals surface area contributed by atoms with E-state index in [2.05, 4.69) is 10.4 Å². The number of carbonyl (C=O) groups excluding carboxylic acids is 1. The first kappa shape index (κ1) is 18.2. The topological polar surface area (TPSA) is 68.4 Å². The van der Waals surface area contributed by atoms with Crippen molar-refractivity contribution in [2.24, 2.45) is 0 Å². The van der Waals surface area contributed by atoms with Gasteiger partial charge >= 0.3 is 0 Å². The highest BCUT2D eigenvalue weighted by molar-refractivity contribution is 6.31. The lowest BCUT2D eigenvalue weighted by Crippen LogP contribution is -2.22. The molecule has 0 aliphatic heterocycles. The van der Waals surface area contributed by atoms with Crippen LogP contribution in [0, 0.1) is 5.82 Å². The van der Waals surface area contributed by atoms with Gasteiger partial charge in [0, 0.05) is 17.6 Å². The van der Waals surface area contributed by atoms with Crippen LogP contribution < -0.4 is 10.9 Å². The number of para-hydroxylation sites is 2. The highest BCUT2D eigenvalue weighted by Gasteiger charge is 2.18. The molecule has 1 amide bonds. The highest BCUT2D eigenvalue weighted by atomic mass is 35.5. The van der Waals surface area contributed by atoms with E-state index >= 15 is 0 Å². The van der Waals surface area contributed by atoms with Crippen LogP contribution in [0.15, 0.2) is 53.3 Å². The molecule has 2 aromatic heterocycles. The standard InChI is InChI=1S/C20H16ClFN4O2/c1-2-9-25-16-5-3-4-6-17(16)26-18(20(25)28)11-15(24-26)19(27)23-14-10-12(21)7-8-13(14)22/h3-8,10-11H,2,9H2,1H3,(H,23,27). The molecule has 2 aromatic carbocycles. The summed E-state index contributed by atoms with van der Waals surface area (Å²) in [4.78, 5) is 25.5. The van der Waals surface area contributed by atoms with Gasteiger partial charge in [0.25, 0.3) is 11.5 Å². The Labute approximate surface area is 164 Å². The fourth-order valence-electron chi connectivity index (χ4n) is 3.17.